The molecule has 0 aliphatic carbocycles. The number of anilines is 1. The second-order valence-corrected chi connectivity index (χ2v) is 13.0. The normalized spacial score (nSPS) is 16.1. The van der Waals surface area contributed by atoms with Crippen molar-refractivity contribution in [3.8, 4) is 0 Å². The van der Waals surface area contributed by atoms with Crippen molar-refractivity contribution in [1.29, 1.82) is 0 Å². The van der Waals surface area contributed by atoms with E-state index in [-0.39, 0.29) is 44.7 Å². The van der Waals surface area contributed by atoms with Crippen LogP contribution in [-0.4, -0.2) is 117 Å². The van der Waals surface area contributed by atoms with Gasteiger partial charge in [-0.2, -0.15) is 8.42 Å². The fraction of sp³-hybridized carbons (Fsp3) is 0.276. The molecular weight excluding hydrogens is 731 g/mol. The molecule has 1 fully saturated rings. The molecule has 1 saturated heterocycles. The molecular formula is C29H30ClN6NaO11S2. The van der Waals surface area contributed by atoms with Crippen molar-refractivity contribution in [2.75, 3.05) is 17.8 Å². The Hall–Kier alpha value is -4.11. The summed E-state index contributed by atoms with van der Waals surface area (Å²) in [7, 11) is -5.12. The van der Waals surface area contributed by atoms with Crippen LogP contribution in [0.4, 0.5) is 9.93 Å². The first kappa shape index (κ1) is 40.3. The van der Waals surface area contributed by atoms with E-state index < -0.39 is 82.1 Å². The van der Waals surface area contributed by atoms with E-state index in [9.17, 15) is 36.9 Å². The molecule has 1 aliphatic heterocycles. The average Bonchev–Trinajstić information content (AvgIpc) is 3.51. The molecule has 1 aromatic heterocycles. The maximum absolute atomic E-state index is 13.6. The summed E-state index contributed by atoms with van der Waals surface area (Å²) < 4.78 is 43.4. The van der Waals surface area contributed by atoms with Gasteiger partial charge in [-0.3, -0.25) is 18.9 Å². The summed E-state index contributed by atoms with van der Waals surface area (Å²) in [6.45, 7) is 1.83. The summed E-state index contributed by atoms with van der Waals surface area (Å²) in [6.07, 6.45) is -2.16. The Bertz CT molecular complexity index is 1820. The first-order valence-corrected chi connectivity index (χ1v) is 16.9. The molecule has 2 atom stereocenters. The number of carbonyl (C=O) groups excluding carboxylic acids is 5. The van der Waals surface area contributed by atoms with E-state index in [1.807, 2.05) is 0 Å². The number of carbonyl (C=O) groups is 5. The Balaban J connectivity index is 0.00000676. The maximum atomic E-state index is 13.6. The van der Waals surface area contributed by atoms with Gasteiger partial charge < -0.3 is 30.7 Å². The molecule has 1 aliphatic rings. The van der Waals surface area contributed by atoms with Gasteiger partial charge in [0.05, 0.1) is 0 Å². The van der Waals surface area contributed by atoms with Crippen LogP contribution in [0.2, 0.25) is 0 Å². The van der Waals surface area contributed by atoms with E-state index in [1.54, 1.807) is 60.7 Å². The van der Waals surface area contributed by atoms with Crippen LogP contribution in [0.15, 0.2) is 71.2 Å². The third kappa shape index (κ3) is 9.99. The monoisotopic (exact) mass is 760 g/mol. The molecule has 0 saturated carbocycles. The van der Waals surface area contributed by atoms with Gasteiger partial charge in [0.1, 0.15) is 30.3 Å². The number of ether oxygens (including phenoxy) is 2. The first-order chi connectivity index (χ1) is 23.1. The molecule has 4 amide bonds. The quantitative estimate of drug-likeness (QED) is 0.0343. The van der Waals surface area contributed by atoms with Gasteiger partial charge in [0.25, 0.3) is 11.8 Å². The van der Waals surface area contributed by atoms with Crippen molar-refractivity contribution in [2.45, 2.75) is 37.6 Å². The second kappa shape index (κ2) is 17.2. The minimum atomic E-state index is -5.12. The Kier molecular flexibility index (Phi) is 13.9. The second-order valence-electron chi connectivity index (χ2n) is 10.6. The van der Waals surface area contributed by atoms with E-state index in [1.165, 1.54) is 19.2 Å². The predicted molar refractivity (Wildman–Crippen MR) is 181 cm³/mol. The number of alkyl halides is 1. The molecule has 2 unspecified atom stereocenters. The van der Waals surface area contributed by atoms with Crippen molar-refractivity contribution in [3.63, 3.8) is 0 Å². The number of primary amides is 1. The Labute approximate surface area is 316 Å². The van der Waals surface area contributed by atoms with E-state index in [0.29, 0.717) is 11.1 Å². The average molecular weight is 761 g/mol. The molecule has 5 N–H and O–H groups in total. The summed E-state index contributed by atoms with van der Waals surface area (Å²) in [5.74, 6) is -4.35. The van der Waals surface area contributed by atoms with Gasteiger partial charge in [-0.25, -0.2) is 18.9 Å². The number of esters is 1. The van der Waals surface area contributed by atoms with Crippen LogP contribution in [0.5, 0.6) is 0 Å². The number of oxime groups is 1. The molecule has 2 aromatic carbocycles. The van der Waals surface area contributed by atoms with Crippen LogP contribution in [0.3, 0.4) is 0 Å². The van der Waals surface area contributed by atoms with Gasteiger partial charge in [-0.05, 0) is 25.0 Å². The number of hydrogen-bond donors (Lipinski definition) is 4. The number of nitrogens with two attached hydrogens (primary N) is 1. The summed E-state index contributed by atoms with van der Waals surface area (Å²) >= 11 is 6.41. The van der Waals surface area contributed by atoms with Gasteiger partial charge in [0, 0.05) is 5.38 Å². The van der Waals surface area contributed by atoms with E-state index in [0.717, 1.165) is 11.3 Å². The van der Waals surface area contributed by atoms with Gasteiger partial charge in [-0.15, -0.1) is 22.9 Å². The Morgan fingerprint density at radius 1 is 1.10 bits per heavy atom. The Morgan fingerprint density at radius 3 is 2.20 bits per heavy atom. The van der Waals surface area contributed by atoms with Crippen LogP contribution < -0.4 is 16.4 Å². The van der Waals surface area contributed by atoms with Crippen LogP contribution in [0, 0.1) is 0 Å². The zero-order valence-electron chi connectivity index (χ0n) is 25.6. The molecule has 3 aromatic rings. The van der Waals surface area contributed by atoms with Crippen LogP contribution in [-0.2, 0) is 43.8 Å². The summed E-state index contributed by atoms with van der Waals surface area (Å²) in [6, 6.07) is 14.6. The number of benzene rings is 2. The summed E-state index contributed by atoms with van der Waals surface area (Å²) in [5, 5.41) is 9.78. The van der Waals surface area contributed by atoms with Gasteiger partial charge >= 0.3 is 51.9 Å². The van der Waals surface area contributed by atoms with Crippen molar-refractivity contribution < 1.29 is 51.3 Å². The molecule has 0 radical (unpaired) electrons. The first-order valence-electron chi connectivity index (χ1n) is 14.0. The van der Waals surface area contributed by atoms with Crippen LogP contribution in [0.25, 0.3) is 0 Å². The predicted octanol–water partition coefficient (Wildman–Crippen LogP) is 1.10. The third-order valence-corrected chi connectivity index (χ3v) is 8.66. The number of thiazole rings is 1. The van der Waals surface area contributed by atoms with Gasteiger partial charge in [0.15, 0.2) is 16.9 Å². The molecule has 17 nitrogen and oxygen atoms in total. The number of hydrogen-bond acceptors (Lipinski definition) is 13. The van der Waals surface area contributed by atoms with Crippen LogP contribution >= 0.6 is 22.9 Å². The fourth-order valence-electron chi connectivity index (χ4n) is 4.33. The topological polar surface area (TPSA) is 246 Å². The number of amides is 4. The number of nitrogens with one attached hydrogen (secondary N) is 2. The van der Waals surface area contributed by atoms with Crippen molar-refractivity contribution >= 4 is 103 Å². The number of rotatable bonds is 14. The van der Waals surface area contributed by atoms with E-state index in [4.69, 9.17) is 26.9 Å². The van der Waals surface area contributed by atoms with Crippen molar-refractivity contribution in [3.05, 3.63) is 82.9 Å². The molecule has 0 bridgehead atoms. The summed E-state index contributed by atoms with van der Waals surface area (Å²) in [5.41, 5.74) is 3.60. The van der Waals surface area contributed by atoms with Gasteiger partial charge in [-0.1, -0.05) is 65.8 Å². The van der Waals surface area contributed by atoms with Crippen molar-refractivity contribution in [2.24, 2.45) is 10.9 Å². The Morgan fingerprint density at radius 2 is 1.68 bits per heavy atom. The molecule has 21 heteroatoms. The van der Waals surface area contributed by atoms with E-state index in [2.05, 4.69) is 25.5 Å². The van der Waals surface area contributed by atoms with Gasteiger partial charge in [0.2, 0.25) is 11.5 Å². The zero-order chi connectivity index (χ0) is 35.9. The number of aromatic nitrogens is 1. The molecule has 2 heterocycles. The summed E-state index contributed by atoms with van der Waals surface area (Å²) in [4.78, 5) is 72.3. The standard InChI is InChI=1S/C29H29ClN6O11S2.Na.H/c1-29(2,26(40)46-23(16-9-5-3-6-10-16)17-11-7-4-8-12-17)47-35-21(18-15-48-28(32-18)33-20(37)13-30)24(38)34-22-19(14-45-27(31)41)36(25(22)39)49(42,43)44;;/h3-12,15,19,22-23H,13-14H2,1-2H3,(H2,31,41)(H,34,38)(H,32,33,37)(H,42,43,44);;/b35-21-;;. The van der Waals surface area contributed by atoms with E-state index >= 15 is 0 Å². The third-order valence-electron chi connectivity index (χ3n) is 6.72. The molecule has 50 heavy (non-hydrogen) atoms. The minimum absolute atomic E-state index is 0. The number of halogens is 1. The SMILES string of the molecule is CC(C)(O/N=C(\C(=O)NC1C(=O)N(S(=O)(=O)O)C1COC(N)=O)c1csc(NC(=O)CCl)n1)C(=O)OC(c1ccccc1)c1ccccc1.[NaH]. The molecule has 0 spiro atoms. The van der Waals surface area contributed by atoms with Crippen molar-refractivity contribution in [1.82, 2.24) is 14.6 Å². The van der Waals surface area contributed by atoms with Crippen LogP contribution in [0.1, 0.15) is 36.8 Å². The number of nitrogens with zero attached hydrogens (tertiary/aromatic N) is 3. The molecule has 262 valence electrons. The molecule has 4 rings (SSSR count). The fourth-order valence-corrected chi connectivity index (χ4v) is 5.97. The zero-order valence-corrected chi connectivity index (χ0v) is 28.0. The number of β-lactam (4-membered cyclic amide) rings is 1.